The van der Waals surface area contributed by atoms with Crippen LogP contribution in [0.2, 0.25) is 15.1 Å². The van der Waals surface area contributed by atoms with Crippen LogP contribution in [0.4, 0.5) is 11.6 Å². The number of halogens is 3. The van der Waals surface area contributed by atoms with Crippen LogP contribution < -0.4 is 5.32 Å². The number of imidazole rings is 1. The molecule has 102 valence electrons. The highest BCUT2D eigenvalue weighted by atomic mass is 35.5. The van der Waals surface area contributed by atoms with E-state index in [-0.39, 0.29) is 0 Å². The molecule has 0 spiro atoms. The zero-order chi connectivity index (χ0) is 13.8. The summed E-state index contributed by atoms with van der Waals surface area (Å²) in [4.78, 5) is 4.22. The summed E-state index contributed by atoms with van der Waals surface area (Å²) >= 11 is 18.0. The molecule has 0 bridgehead atoms. The highest BCUT2D eigenvalue weighted by Crippen LogP contribution is 2.33. The van der Waals surface area contributed by atoms with Gasteiger partial charge in [-0.2, -0.15) is 0 Å². The topological polar surface area (TPSA) is 39.1 Å². The van der Waals surface area contributed by atoms with Gasteiger partial charge >= 0.3 is 0 Å². The monoisotopic (exact) mass is 319 g/mol. The van der Waals surface area contributed by atoms with Gasteiger partial charge in [0, 0.05) is 26.0 Å². The largest absolute Gasteiger partial charge is 0.383 e. The third kappa shape index (κ3) is 3.54. The smallest absolute Gasteiger partial charge is 0.207 e. The fourth-order valence-electron chi connectivity index (χ4n) is 1.54. The molecule has 1 N–H and O–H groups in total. The molecule has 7 heteroatoms. The lowest BCUT2D eigenvalue weighted by molar-refractivity contribution is 0.188. The fraction of sp³-hybridized carbons (Fsp3) is 0.250. The average Bonchev–Trinajstić information content (AvgIpc) is 2.81. The van der Waals surface area contributed by atoms with Gasteiger partial charge in [-0.05, 0) is 12.1 Å². The Morgan fingerprint density at radius 2 is 1.95 bits per heavy atom. The van der Waals surface area contributed by atoms with E-state index < -0.39 is 0 Å². The van der Waals surface area contributed by atoms with Crippen molar-refractivity contribution in [1.29, 1.82) is 0 Å². The number of hydrogen-bond acceptors (Lipinski definition) is 3. The minimum atomic E-state index is 0.417. The van der Waals surface area contributed by atoms with E-state index in [1.54, 1.807) is 25.4 Å². The van der Waals surface area contributed by atoms with Crippen LogP contribution in [0.3, 0.4) is 0 Å². The molecule has 0 amide bonds. The number of methoxy groups -OCH3 is 1. The molecule has 0 radical (unpaired) electrons. The summed E-state index contributed by atoms with van der Waals surface area (Å²) in [5.41, 5.74) is 0.654. The molecule has 1 heterocycles. The molecule has 0 fully saturated rings. The third-order valence-electron chi connectivity index (χ3n) is 2.51. The zero-order valence-electron chi connectivity index (χ0n) is 10.2. The molecule has 19 heavy (non-hydrogen) atoms. The quantitative estimate of drug-likeness (QED) is 0.838. The predicted octanol–water partition coefficient (Wildman–Crippen LogP) is 4.23. The van der Waals surface area contributed by atoms with E-state index >= 15 is 0 Å². The number of hydrogen-bond donors (Lipinski definition) is 1. The number of anilines is 2. The molecule has 0 aliphatic rings. The Balaban J connectivity index is 2.21. The minimum absolute atomic E-state index is 0.417. The molecular formula is C12H12Cl3N3O. The Kier molecular flexibility index (Phi) is 4.93. The number of nitrogens with zero attached hydrogens (tertiary/aromatic N) is 2. The zero-order valence-corrected chi connectivity index (χ0v) is 12.4. The number of rotatable bonds is 5. The van der Waals surface area contributed by atoms with E-state index in [1.807, 2.05) is 10.8 Å². The van der Waals surface area contributed by atoms with E-state index in [0.29, 0.717) is 39.9 Å². The molecule has 1 aromatic carbocycles. The van der Waals surface area contributed by atoms with E-state index in [0.717, 1.165) is 0 Å². The van der Waals surface area contributed by atoms with Gasteiger partial charge in [0.15, 0.2) is 0 Å². The summed E-state index contributed by atoms with van der Waals surface area (Å²) in [7, 11) is 1.65. The van der Waals surface area contributed by atoms with E-state index in [2.05, 4.69) is 10.3 Å². The molecule has 0 atom stereocenters. The van der Waals surface area contributed by atoms with Crippen molar-refractivity contribution in [3.8, 4) is 0 Å². The van der Waals surface area contributed by atoms with E-state index in [9.17, 15) is 0 Å². The van der Waals surface area contributed by atoms with Crippen molar-refractivity contribution >= 4 is 46.4 Å². The number of ether oxygens (including phenoxy) is 1. The van der Waals surface area contributed by atoms with E-state index in [1.165, 1.54) is 0 Å². The van der Waals surface area contributed by atoms with Gasteiger partial charge < -0.3 is 14.6 Å². The first-order valence-corrected chi connectivity index (χ1v) is 6.67. The van der Waals surface area contributed by atoms with Crippen LogP contribution in [0.15, 0.2) is 24.5 Å². The Morgan fingerprint density at radius 1 is 1.21 bits per heavy atom. The van der Waals surface area contributed by atoms with Crippen LogP contribution in [0.5, 0.6) is 0 Å². The lowest BCUT2D eigenvalue weighted by Gasteiger charge is -2.11. The van der Waals surface area contributed by atoms with Crippen LogP contribution in [-0.4, -0.2) is 23.3 Å². The highest BCUT2D eigenvalue weighted by Gasteiger charge is 2.09. The molecule has 1 aromatic heterocycles. The number of aromatic nitrogens is 2. The lowest BCUT2D eigenvalue weighted by Crippen LogP contribution is -2.07. The second-order valence-corrected chi connectivity index (χ2v) is 5.03. The van der Waals surface area contributed by atoms with Gasteiger partial charge in [-0.1, -0.05) is 34.8 Å². The summed E-state index contributed by atoms with van der Waals surface area (Å²) in [6, 6.07) is 3.26. The van der Waals surface area contributed by atoms with Crippen LogP contribution in [-0.2, 0) is 11.3 Å². The molecule has 0 unspecified atom stereocenters. The third-order valence-corrected chi connectivity index (χ3v) is 3.54. The van der Waals surface area contributed by atoms with E-state index in [4.69, 9.17) is 39.5 Å². The summed E-state index contributed by atoms with van der Waals surface area (Å²) in [5.74, 6) is 0.664. The maximum atomic E-state index is 6.11. The average molecular weight is 321 g/mol. The molecule has 0 saturated carbocycles. The van der Waals surface area contributed by atoms with Crippen molar-refractivity contribution in [3.63, 3.8) is 0 Å². The molecule has 2 aromatic rings. The second kappa shape index (κ2) is 6.48. The Hall–Kier alpha value is -0.940. The number of nitrogens with one attached hydrogen (secondary N) is 1. The maximum Gasteiger partial charge on any atom is 0.207 e. The standard InChI is InChI=1S/C12H12Cl3N3O/c1-19-5-4-18-3-2-16-12(18)17-11-7-9(14)8(13)6-10(11)15/h2-3,6-7H,4-5H2,1H3,(H,16,17). The maximum absolute atomic E-state index is 6.11. The van der Waals surface area contributed by atoms with Crippen molar-refractivity contribution in [2.24, 2.45) is 0 Å². The molecular weight excluding hydrogens is 309 g/mol. The normalized spacial score (nSPS) is 10.7. The Labute approximate surface area is 126 Å². The van der Waals surface area contributed by atoms with Gasteiger partial charge in [0.2, 0.25) is 5.95 Å². The van der Waals surface area contributed by atoms with Gasteiger partial charge in [-0.25, -0.2) is 4.98 Å². The number of benzene rings is 1. The molecule has 0 saturated heterocycles. The first kappa shape index (κ1) is 14.5. The van der Waals surface area contributed by atoms with Crippen LogP contribution >= 0.6 is 34.8 Å². The fourth-order valence-corrected chi connectivity index (χ4v) is 2.14. The predicted molar refractivity (Wildman–Crippen MR) is 78.9 cm³/mol. The molecule has 2 rings (SSSR count). The van der Waals surface area contributed by atoms with Crippen molar-refractivity contribution in [2.45, 2.75) is 6.54 Å². The molecule has 0 aliphatic heterocycles. The van der Waals surface area contributed by atoms with Gasteiger partial charge in [0.05, 0.1) is 27.4 Å². The highest BCUT2D eigenvalue weighted by molar-refractivity contribution is 6.44. The minimum Gasteiger partial charge on any atom is -0.383 e. The van der Waals surface area contributed by atoms with Gasteiger partial charge in [0.1, 0.15) is 0 Å². The van der Waals surface area contributed by atoms with Gasteiger partial charge in [-0.3, -0.25) is 0 Å². The molecule has 0 aliphatic carbocycles. The second-order valence-electron chi connectivity index (χ2n) is 3.81. The van der Waals surface area contributed by atoms with Crippen LogP contribution in [0, 0.1) is 0 Å². The summed E-state index contributed by atoms with van der Waals surface area (Å²) < 4.78 is 6.96. The summed E-state index contributed by atoms with van der Waals surface area (Å²) in [6.45, 7) is 1.29. The van der Waals surface area contributed by atoms with Crippen molar-refractivity contribution in [3.05, 3.63) is 39.6 Å². The molecule has 4 nitrogen and oxygen atoms in total. The Morgan fingerprint density at radius 3 is 2.68 bits per heavy atom. The SMILES string of the molecule is COCCn1ccnc1Nc1cc(Cl)c(Cl)cc1Cl. The van der Waals surface area contributed by atoms with Crippen molar-refractivity contribution < 1.29 is 4.74 Å². The summed E-state index contributed by atoms with van der Waals surface area (Å²) in [6.07, 6.45) is 3.55. The van der Waals surface area contributed by atoms with Crippen LogP contribution in [0.1, 0.15) is 0 Å². The first-order valence-electron chi connectivity index (χ1n) is 5.53. The Bertz CT molecular complexity index is 571. The van der Waals surface area contributed by atoms with Crippen molar-refractivity contribution in [1.82, 2.24) is 9.55 Å². The first-order chi connectivity index (χ1) is 9.11. The van der Waals surface area contributed by atoms with Crippen molar-refractivity contribution in [2.75, 3.05) is 19.0 Å². The van der Waals surface area contributed by atoms with Crippen LogP contribution in [0.25, 0.3) is 0 Å². The van der Waals surface area contributed by atoms with Gasteiger partial charge in [0.25, 0.3) is 0 Å². The van der Waals surface area contributed by atoms with Gasteiger partial charge in [-0.15, -0.1) is 0 Å². The summed E-state index contributed by atoms with van der Waals surface area (Å²) in [5, 5.41) is 4.45. The lowest BCUT2D eigenvalue weighted by atomic mass is 10.3.